The van der Waals surface area contributed by atoms with Crippen LogP contribution in [0.15, 0.2) is 0 Å². The number of amides is 2. The lowest BCUT2D eigenvalue weighted by Crippen LogP contribution is -2.40. The number of nitrogens with one attached hydrogen (secondary N) is 2. The van der Waals surface area contributed by atoms with Crippen LogP contribution in [0.1, 0.15) is 38.4 Å². The zero-order chi connectivity index (χ0) is 19.4. The highest BCUT2D eigenvalue weighted by Crippen LogP contribution is 2.37. The number of carbonyl (C=O) groups excluding carboxylic acids is 2. The summed E-state index contributed by atoms with van der Waals surface area (Å²) in [4.78, 5) is 26.9. The van der Waals surface area contributed by atoms with Crippen molar-refractivity contribution in [1.29, 1.82) is 0 Å². The summed E-state index contributed by atoms with van der Waals surface area (Å²) in [5.41, 5.74) is 1.76. The third-order valence-corrected chi connectivity index (χ3v) is 5.64. The maximum atomic E-state index is 12.4. The molecule has 1 aromatic heterocycles. The topological polar surface area (TPSA) is 88.5 Å². The Hall–Kier alpha value is -1.58. The van der Waals surface area contributed by atoms with Crippen LogP contribution < -0.4 is 10.6 Å². The van der Waals surface area contributed by atoms with Crippen LogP contribution in [0.3, 0.4) is 0 Å². The molecule has 2 amide bonds. The molecule has 150 valence electrons. The van der Waals surface area contributed by atoms with Gasteiger partial charge in [-0.3, -0.25) is 14.5 Å². The second-order valence-corrected chi connectivity index (χ2v) is 8.85. The number of anilines is 1. The van der Waals surface area contributed by atoms with Crippen LogP contribution in [0.5, 0.6) is 0 Å². The van der Waals surface area contributed by atoms with Crippen molar-refractivity contribution in [3.8, 4) is 0 Å². The summed E-state index contributed by atoms with van der Waals surface area (Å²) in [6, 6.07) is 0. The van der Waals surface area contributed by atoms with E-state index in [1.807, 2.05) is 25.5 Å². The molecule has 2 N–H and O–H groups in total. The van der Waals surface area contributed by atoms with Crippen molar-refractivity contribution in [3.05, 3.63) is 11.3 Å². The highest BCUT2D eigenvalue weighted by molar-refractivity contribution is 7.98. The number of hydrogen-bond donors (Lipinski definition) is 2. The number of morpholine rings is 1. The Balaban J connectivity index is 1.52. The fraction of sp³-hybridized carbons (Fsp3) is 0.722. The number of carbonyl (C=O) groups is 2. The Labute approximate surface area is 164 Å². The van der Waals surface area contributed by atoms with Crippen molar-refractivity contribution in [2.24, 2.45) is 0 Å². The van der Waals surface area contributed by atoms with Gasteiger partial charge in [0.25, 0.3) is 0 Å². The van der Waals surface area contributed by atoms with Gasteiger partial charge in [0.2, 0.25) is 0 Å². The van der Waals surface area contributed by atoms with E-state index in [1.165, 1.54) is 0 Å². The molecule has 0 aliphatic carbocycles. The first-order chi connectivity index (χ1) is 12.9. The third kappa shape index (κ3) is 5.03. The standard InChI is InChI=1S/C18H29N5O3S/c1-18(2,3)23-15(13-11-27-12-14(13)21-23)20-17(25)16(24)19-5-4-6-22-7-9-26-10-8-22/h4-12H2,1-3H3,(H,19,24)(H,20,25). The van der Waals surface area contributed by atoms with Crippen molar-refractivity contribution < 1.29 is 14.3 Å². The monoisotopic (exact) mass is 395 g/mol. The molecule has 3 heterocycles. The summed E-state index contributed by atoms with van der Waals surface area (Å²) >= 11 is 1.77. The number of nitrogens with zero attached hydrogens (tertiary/aromatic N) is 3. The van der Waals surface area contributed by atoms with Crippen molar-refractivity contribution in [3.63, 3.8) is 0 Å². The van der Waals surface area contributed by atoms with Gasteiger partial charge >= 0.3 is 11.8 Å². The van der Waals surface area contributed by atoms with Gasteiger partial charge in [0, 0.05) is 36.7 Å². The van der Waals surface area contributed by atoms with Gasteiger partial charge in [-0.2, -0.15) is 16.9 Å². The molecule has 2 aliphatic heterocycles. The zero-order valence-corrected chi connectivity index (χ0v) is 17.2. The van der Waals surface area contributed by atoms with Gasteiger partial charge in [-0.05, 0) is 33.7 Å². The summed E-state index contributed by atoms with van der Waals surface area (Å²) in [6.07, 6.45) is 0.810. The highest BCUT2D eigenvalue weighted by Gasteiger charge is 2.29. The lowest BCUT2D eigenvalue weighted by atomic mass is 10.1. The smallest absolute Gasteiger partial charge is 0.314 e. The molecule has 1 saturated heterocycles. The van der Waals surface area contributed by atoms with E-state index in [-0.39, 0.29) is 5.54 Å². The molecule has 0 radical (unpaired) electrons. The number of thioether (sulfide) groups is 1. The molecular weight excluding hydrogens is 366 g/mol. The van der Waals surface area contributed by atoms with Crippen molar-refractivity contribution >= 4 is 29.4 Å². The first-order valence-electron chi connectivity index (χ1n) is 9.44. The number of hydrogen-bond acceptors (Lipinski definition) is 6. The molecule has 0 atom stereocenters. The Morgan fingerprint density at radius 2 is 1.93 bits per heavy atom. The minimum atomic E-state index is -0.633. The Bertz CT molecular complexity index is 692. The first kappa shape index (κ1) is 20.2. The van der Waals surface area contributed by atoms with Gasteiger partial charge in [-0.25, -0.2) is 4.68 Å². The number of ether oxygens (including phenoxy) is 1. The maximum absolute atomic E-state index is 12.4. The molecule has 3 rings (SSSR count). The summed E-state index contributed by atoms with van der Waals surface area (Å²) in [5, 5.41) is 10.1. The third-order valence-electron chi connectivity index (χ3n) is 4.67. The fourth-order valence-corrected chi connectivity index (χ4v) is 4.24. The summed E-state index contributed by atoms with van der Waals surface area (Å²) in [6.45, 7) is 10.8. The van der Waals surface area contributed by atoms with Crippen molar-refractivity contribution in [2.75, 3.05) is 44.7 Å². The van der Waals surface area contributed by atoms with Gasteiger partial charge in [-0.1, -0.05) is 0 Å². The summed E-state index contributed by atoms with van der Waals surface area (Å²) < 4.78 is 7.14. The van der Waals surface area contributed by atoms with E-state index < -0.39 is 11.8 Å². The van der Waals surface area contributed by atoms with Gasteiger partial charge in [-0.15, -0.1) is 0 Å². The number of rotatable bonds is 5. The van der Waals surface area contributed by atoms with Crippen LogP contribution >= 0.6 is 11.8 Å². The van der Waals surface area contributed by atoms with Crippen LogP contribution in [-0.4, -0.2) is 65.9 Å². The fourth-order valence-electron chi connectivity index (χ4n) is 3.20. The van der Waals surface area contributed by atoms with E-state index in [0.29, 0.717) is 12.4 Å². The number of aromatic nitrogens is 2. The molecule has 1 fully saturated rings. The highest BCUT2D eigenvalue weighted by atomic mass is 32.2. The quantitative estimate of drug-likeness (QED) is 0.575. The second-order valence-electron chi connectivity index (χ2n) is 7.87. The molecule has 0 aromatic carbocycles. The minimum Gasteiger partial charge on any atom is -0.379 e. The van der Waals surface area contributed by atoms with Crippen molar-refractivity contribution in [1.82, 2.24) is 20.0 Å². The van der Waals surface area contributed by atoms with Crippen LogP contribution in [-0.2, 0) is 31.4 Å². The molecule has 0 spiro atoms. The van der Waals surface area contributed by atoms with E-state index in [0.717, 1.165) is 62.0 Å². The SMILES string of the molecule is CC(C)(C)n1nc2c(c1NC(=O)C(=O)NCCCN1CCOCC1)CSC2. The average Bonchev–Trinajstić information content (AvgIpc) is 3.21. The van der Waals surface area contributed by atoms with E-state index >= 15 is 0 Å². The van der Waals surface area contributed by atoms with E-state index in [1.54, 1.807) is 11.8 Å². The van der Waals surface area contributed by atoms with Crippen LogP contribution in [0.2, 0.25) is 0 Å². The van der Waals surface area contributed by atoms with Crippen LogP contribution in [0.25, 0.3) is 0 Å². The van der Waals surface area contributed by atoms with E-state index in [2.05, 4.69) is 20.6 Å². The summed E-state index contributed by atoms with van der Waals surface area (Å²) in [7, 11) is 0. The molecule has 27 heavy (non-hydrogen) atoms. The maximum Gasteiger partial charge on any atom is 0.314 e. The van der Waals surface area contributed by atoms with Gasteiger partial charge in [0.15, 0.2) is 0 Å². The molecule has 1 aromatic rings. The second kappa shape index (κ2) is 8.62. The Kier molecular flexibility index (Phi) is 6.44. The average molecular weight is 396 g/mol. The van der Waals surface area contributed by atoms with Crippen molar-refractivity contribution in [2.45, 2.75) is 44.2 Å². The Morgan fingerprint density at radius 1 is 1.19 bits per heavy atom. The molecule has 9 heteroatoms. The molecule has 0 bridgehead atoms. The predicted octanol–water partition coefficient (Wildman–Crippen LogP) is 1.16. The molecule has 8 nitrogen and oxygen atoms in total. The van der Waals surface area contributed by atoms with Gasteiger partial charge in [0.05, 0.1) is 24.4 Å². The summed E-state index contributed by atoms with van der Waals surface area (Å²) in [5.74, 6) is 1.07. The minimum absolute atomic E-state index is 0.272. The first-order valence-corrected chi connectivity index (χ1v) is 10.6. The lowest BCUT2D eigenvalue weighted by molar-refractivity contribution is -0.136. The molecule has 0 unspecified atom stereocenters. The van der Waals surface area contributed by atoms with Gasteiger partial charge < -0.3 is 15.4 Å². The zero-order valence-electron chi connectivity index (χ0n) is 16.3. The lowest BCUT2D eigenvalue weighted by Gasteiger charge is -2.26. The number of fused-ring (bicyclic) bond motifs is 1. The Morgan fingerprint density at radius 3 is 2.63 bits per heavy atom. The van der Waals surface area contributed by atoms with E-state index in [4.69, 9.17) is 4.74 Å². The van der Waals surface area contributed by atoms with E-state index in [9.17, 15) is 9.59 Å². The normalized spacial score (nSPS) is 17.6. The molecular formula is C18H29N5O3S. The van der Waals surface area contributed by atoms with Gasteiger partial charge in [0.1, 0.15) is 5.82 Å². The van der Waals surface area contributed by atoms with Crippen LogP contribution in [0, 0.1) is 0 Å². The molecule has 2 aliphatic rings. The molecule has 0 saturated carbocycles. The van der Waals surface area contributed by atoms with Crippen LogP contribution in [0.4, 0.5) is 5.82 Å². The largest absolute Gasteiger partial charge is 0.379 e. The predicted molar refractivity (Wildman–Crippen MR) is 106 cm³/mol.